The fraction of sp³-hybridized carbons (Fsp3) is 0.125. The van der Waals surface area contributed by atoms with Crippen molar-refractivity contribution in [2.45, 2.75) is 6.92 Å². The van der Waals surface area contributed by atoms with Crippen LogP contribution in [0.3, 0.4) is 0 Å². The normalized spacial score (nSPS) is 8.42. The summed E-state index contributed by atoms with van der Waals surface area (Å²) in [5.41, 5.74) is 1.13. The maximum atomic E-state index is 5.04. The van der Waals surface area contributed by atoms with E-state index in [1.54, 1.807) is 0 Å². The first-order valence-electron chi connectivity index (χ1n) is 3.14. The van der Waals surface area contributed by atoms with Gasteiger partial charge in [-0.15, -0.1) is 0 Å². The zero-order valence-electron chi connectivity index (χ0n) is 7.03. The summed E-state index contributed by atoms with van der Waals surface area (Å²) >= 11 is 9.23. The van der Waals surface area contributed by atoms with Gasteiger partial charge in [0, 0.05) is 4.38 Å². The van der Waals surface area contributed by atoms with E-state index in [-0.39, 0.29) is 33.9 Å². The molecule has 0 heterocycles. The van der Waals surface area contributed by atoms with Crippen LogP contribution in [0.4, 0.5) is 0 Å². The minimum Gasteiger partial charge on any atom is -0.477 e. The average molecular weight is 206 g/mol. The van der Waals surface area contributed by atoms with Crippen molar-refractivity contribution in [1.82, 2.24) is 0 Å². The first-order valence-corrected chi connectivity index (χ1v) is 3.95. The van der Waals surface area contributed by atoms with Gasteiger partial charge in [0.1, 0.15) is 5.75 Å². The Bertz CT molecular complexity index is 276. The molecule has 0 spiro atoms. The van der Waals surface area contributed by atoms with Gasteiger partial charge in [0.15, 0.2) is 0 Å². The molecular weight excluding hydrogens is 199 g/mol. The molecule has 0 saturated carbocycles. The van der Waals surface area contributed by atoms with E-state index in [1.807, 2.05) is 31.2 Å². The largest absolute Gasteiger partial charge is 1.00 e. The van der Waals surface area contributed by atoms with Crippen molar-refractivity contribution in [3.63, 3.8) is 0 Å². The van der Waals surface area contributed by atoms with E-state index in [9.17, 15) is 0 Å². The van der Waals surface area contributed by atoms with Gasteiger partial charge >= 0.3 is 29.6 Å². The number of thiocarbonyl (C=S) groups is 1. The SMILES string of the molecule is Cc1cccc(OC(=S)[S-])c1.[Na+]. The van der Waals surface area contributed by atoms with E-state index < -0.39 is 0 Å². The molecule has 4 heteroatoms. The summed E-state index contributed by atoms with van der Waals surface area (Å²) in [6, 6.07) is 7.60. The number of ether oxygens (including phenoxy) is 1. The molecule has 0 unspecified atom stereocenters. The van der Waals surface area contributed by atoms with Gasteiger partial charge in [-0.25, -0.2) is 0 Å². The minimum atomic E-state index is 0. The monoisotopic (exact) mass is 206 g/mol. The second kappa shape index (κ2) is 5.89. The van der Waals surface area contributed by atoms with Crippen LogP contribution in [0.25, 0.3) is 0 Å². The fourth-order valence-corrected chi connectivity index (χ4v) is 0.968. The molecule has 12 heavy (non-hydrogen) atoms. The molecular formula is C8H7NaOS2. The zero-order valence-corrected chi connectivity index (χ0v) is 10.7. The summed E-state index contributed by atoms with van der Waals surface area (Å²) in [5, 5.41) is 0. The molecule has 58 valence electrons. The first kappa shape index (κ1) is 12.3. The van der Waals surface area contributed by atoms with Crippen molar-refractivity contribution in [2.24, 2.45) is 0 Å². The predicted octanol–water partition coefficient (Wildman–Crippen LogP) is -0.790. The van der Waals surface area contributed by atoms with E-state index in [2.05, 4.69) is 24.8 Å². The molecule has 0 saturated heterocycles. The van der Waals surface area contributed by atoms with Crippen LogP contribution in [-0.2, 0) is 12.6 Å². The van der Waals surface area contributed by atoms with Crippen LogP contribution in [0.5, 0.6) is 5.75 Å². The summed E-state index contributed by atoms with van der Waals surface area (Å²) in [7, 11) is 0. The Morgan fingerprint density at radius 2 is 2.17 bits per heavy atom. The summed E-state index contributed by atoms with van der Waals surface area (Å²) in [6.45, 7) is 1.99. The van der Waals surface area contributed by atoms with Gasteiger partial charge in [-0.05, 0) is 24.6 Å². The number of aryl methyl sites for hydroxylation is 1. The average Bonchev–Trinajstić information content (AvgIpc) is 1.85. The number of hydrogen-bond donors (Lipinski definition) is 0. The molecule has 0 aromatic heterocycles. The predicted molar refractivity (Wildman–Crippen MR) is 51.8 cm³/mol. The zero-order chi connectivity index (χ0) is 8.27. The maximum Gasteiger partial charge on any atom is 1.00 e. The topological polar surface area (TPSA) is 9.23 Å². The molecule has 0 amide bonds. The molecule has 0 bridgehead atoms. The molecule has 0 atom stereocenters. The van der Waals surface area contributed by atoms with Crippen molar-refractivity contribution in [3.8, 4) is 5.75 Å². The molecule has 1 nitrogen and oxygen atoms in total. The number of benzene rings is 1. The van der Waals surface area contributed by atoms with E-state index in [0.717, 1.165) is 5.56 Å². The van der Waals surface area contributed by atoms with Crippen LogP contribution >= 0.6 is 12.2 Å². The van der Waals surface area contributed by atoms with Crippen molar-refractivity contribution in [2.75, 3.05) is 0 Å². The molecule has 0 radical (unpaired) electrons. The van der Waals surface area contributed by atoms with Crippen LogP contribution in [0.1, 0.15) is 5.56 Å². The second-order valence-electron chi connectivity index (χ2n) is 2.17. The summed E-state index contributed by atoms with van der Waals surface area (Å²) in [4.78, 5) is 0. The Balaban J connectivity index is 0.00000121. The first-order chi connectivity index (χ1) is 5.18. The molecule has 0 fully saturated rings. The Morgan fingerprint density at radius 1 is 1.50 bits per heavy atom. The molecule has 1 rings (SSSR count). The summed E-state index contributed by atoms with van der Waals surface area (Å²) < 4.78 is 5.18. The standard InChI is InChI=1S/C8H8OS2.Na/c1-6-3-2-4-7(5-6)9-8(10)11;/h2-5H,1H3,(H,10,11);/q;+1/p-1. The van der Waals surface area contributed by atoms with Crippen LogP contribution < -0.4 is 34.3 Å². The van der Waals surface area contributed by atoms with Gasteiger partial charge in [-0.1, -0.05) is 12.1 Å². The van der Waals surface area contributed by atoms with Crippen molar-refractivity contribution in [1.29, 1.82) is 0 Å². The third-order valence-corrected chi connectivity index (χ3v) is 1.36. The quantitative estimate of drug-likeness (QED) is 0.338. The van der Waals surface area contributed by atoms with E-state index >= 15 is 0 Å². The van der Waals surface area contributed by atoms with Crippen LogP contribution in [-0.4, -0.2) is 4.38 Å². The molecule has 1 aromatic rings. The van der Waals surface area contributed by atoms with Gasteiger partial charge in [0.2, 0.25) is 0 Å². The fourth-order valence-electron chi connectivity index (χ4n) is 0.775. The third-order valence-electron chi connectivity index (χ3n) is 1.19. The Kier molecular flexibility index (Phi) is 6.05. The summed E-state index contributed by atoms with van der Waals surface area (Å²) in [5.74, 6) is 0.713. The summed E-state index contributed by atoms with van der Waals surface area (Å²) in [6.07, 6.45) is 0. The van der Waals surface area contributed by atoms with Crippen molar-refractivity contribution >= 4 is 29.2 Å². The Labute approximate surface area is 105 Å². The third kappa shape index (κ3) is 4.38. The van der Waals surface area contributed by atoms with Gasteiger partial charge in [0.05, 0.1) is 0 Å². The van der Waals surface area contributed by atoms with Crippen molar-refractivity contribution in [3.05, 3.63) is 29.8 Å². The molecule has 1 aromatic carbocycles. The van der Waals surface area contributed by atoms with Gasteiger partial charge < -0.3 is 29.6 Å². The van der Waals surface area contributed by atoms with E-state index in [4.69, 9.17) is 4.74 Å². The molecule has 0 N–H and O–H groups in total. The Morgan fingerprint density at radius 3 is 2.67 bits per heavy atom. The molecule has 0 aliphatic heterocycles. The Hall–Kier alpha value is 0.330. The van der Waals surface area contributed by atoms with Gasteiger partial charge in [0.25, 0.3) is 0 Å². The number of hydrogen-bond acceptors (Lipinski definition) is 3. The maximum absolute atomic E-state index is 5.04. The van der Waals surface area contributed by atoms with Gasteiger partial charge in [-0.2, -0.15) is 0 Å². The van der Waals surface area contributed by atoms with E-state index in [0.29, 0.717) is 5.75 Å². The second-order valence-corrected chi connectivity index (χ2v) is 3.17. The van der Waals surface area contributed by atoms with Gasteiger partial charge in [-0.3, -0.25) is 0 Å². The van der Waals surface area contributed by atoms with E-state index in [1.165, 1.54) is 0 Å². The molecule has 0 aliphatic carbocycles. The smallest absolute Gasteiger partial charge is 0.477 e. The molecule has 0 aliphatic rings. The van der Waals surface area contributed by atoms with Crippen LogP contribution in [0.2, 0.25) is 0 Å². The number of rotatable bonds is 1. The minimum absolute atomic E-state index is 0. The van der Waals surface area contributed by atoms with Crippen LogP contribution in [0.15, 0.2) is 24.3 Å². The van der Waals surface area contributed by atoms with Crippen molar-refractivity contribution < 1.29 is 34.3 Å². The van der Waals surface area contributed by atoms with Crippen LogP contribution in [0, 0.1) is 6.92 Å².